The van der Waals surface area contributed by atoms with E-state index >= 15 is 0 Å². The van der Waals surface area contributed by atoms with E-state index in [1.54, 1.807) is 0 Å². The van der Waals surface area contributed by atoms with Gasteiger partial charge in [-0.1, -0.05) is 30.3 Å². The molecule has 0 aromatic heterocycles. The molecule has 0 fully saturated rings. The Morgan fingerprint density at radius 2 is 1.83 bits per heavy atom. The molecule has 2 atom stereocenters. The van der Waals surface area contributed by atoms with Gasteiger partial charge in [-0.25, -0.2) is 13.6 Å². The van der Waals surface area contributed by atoms with Crippen LogP contribution in [0.25, 0.3) is 0 Å². The number of urea groups is 1. The second kappa shape index (κ2) is 9.73. The van der Waals surface area contributed by atoms with Gasteiger partial charge in [0.25, 0.3) is 6.43 Å². The van der Waals surface area contributed by atoms with Gasteiger partial charge in [-0.05, 0) is 18.4 Å². The van der Waals surface area contributed by atoms with Crippen molar-refractivity contribution >= 4 is 12.0 Å². The summed E-state index contributed by atoms with van der Waals surface area (Å²) in [5.41, 5.74) is 0.913. The first-order chi connectivity index (χ1) is 10.9. The van der Waals surface area contributed by atoms with E-state index in [2.05, 4.69) is 10.6 Å². The van der Waals surface area contributed by atoms with Crippen molar-refractivity contribution in [2.45, 2.75) is 37.8 Å². The van der Waals surface area contributed by atoms with Gasteiger partial charge in [0.1, 0.15) is 6.10 Å². The number of aliphatic hydroxyl groups excluding tert-OH is 1. The van der Waals surface area contributed by atoms with Crippen LogP contribution in [0.3, 0.4) is 0 Å². The molecule has 1 aromatic carbocycles. The standard InChI is InChI=1S/C15H20F2N2O4/c16-14(17)12(20)9-18-15(23)19-11(6-7-13(21)22)8-10-4-2-1-3-5-10/h1-5,11-12,14,20H,6-9H2,(H,21,22)(H2,18,19,23). The SMILES string of the molecule is O=C(O)CCC(Cc1ccccc1)NC(=O)NCC(O)C(F)F. The fraction of sp³-hybridized carbons (Fsp3) is 0.467. The van der Waals surface area contributed by atoms with E-state index < -0.39 is 37.1 Å². The van der Waals surface area contributed by atoms with Gasteiger partial charge in [-0.15, -0.1) is 0 Å². The van der Waals surface area contributed by atoms with Crippen molar-refractivity contribution in [1.29, 1.82) is 0 Å². The van der Waals surface area contributed by atoms with Gasteiger partial charge < -0.3 is 20.8 Å². The molecule has 0 saturated heterocycles. The summed E-state index contributed by atoms with van der Waals surface area (Å²) in [7, 11) is 0. The Hall–Kier alpha value is -2.22. The number of halogens is 2. The number of carboxylic acids is 1. The Labute approximate surface area is 132 Å². The topological polar surface area (TPSA) is 98.7 Å². The summed E-state index contributed by atoms with van der Waals surface area (Å²) in [6, 6.07) is 7.97. The molecule has 2 amide bonds. The summed E-state index contributed by atoms with van der Waals surface area (Å²) in [5, 5.41) is 22.4. The number of carbonyl (C=O) groups excluding carboxylic acids is 1. The van der Waals surface area contributed by atoms with Crippen LogP contribution in [0, 0.1) is 0 Å². The Kier molecular flexibility index (Phi) is 7.96. The Morgan fingerprint density at radius 1 is 1.17 bits per heavy atom. The first-order valence-electron chi connectivity index (χ1n) is 7.14. The molecule has 128 valence electrons. The lowest BCUT2D eigenvalue weighted by atomic mass is 10.0. The Balaban J connectivity index is 2.54. The number of carboxylic acid groups (broad SMARTS) is 1. The quantitative estimate of drug-likeness (QED) is 0.550. The minimum Gasteiger partial charge on any atom is -0.481 e. The van der Waals surface area contributed by atoms with Gasteiger partial charge in [-0.2, -0.15) is 0 Å². The van der Waals surface area contributed by atoms with Crippen LogP contribution in [0.4, 0.5) is 13.6 Å². The molecule has 0 aliphatic carbocycles. The molecule has 2 unspecified atom stereocenters. The van der Waals surface area contributed by atoms with Crippen LogP contribution in [0.1, 0.15) is 18.4 Å². The number of rotatable bonds is 9. The fourth-order valence-corrected chi connectivity index (χ4v) is 1.94. The number of benzene rings is 1. The van der Waals surface area contributed by atoms with Gasteiger partial charge in [0.15, 0.2) is 0 Å². The monoisotopic (exact) mass is 330 g/mol. The van der Waals surface area contributed by atoms with Crippen molar-refractivity contribution in [2.75, 3.05) is 6.54 Å². The molecule has 0 bridgehead atoms. The van der Waals surface area contributed by atoms with E-state index in [-0.39, 0.29) is 12.8 Å². The lowest BCUT2D eigenvalue weighted by Crippen LogP contribution is -2.46. The van der Waals surface area contributed by atoms with Crippen LogP contribution in [-0.2, 0) is 11.2 Å². The molecule has 0 spiro atoms. The van der Waals surface area contributed by atoms with Gasteiger partial charge in [0, 0.05) is 12.5 Å². The predicted molar refractivity (Wildman–Crippen MR) is 79.3 cm³/mol. The zero-order chi connectivity index (χ0) is 17.2. The second-order valence-electron chi connectivity index (χ2n) is 5.08. The van der Waals surface area contributed by atoms with Crippen molar-refractivity contribution in [2.24, 2.45) is 0 Å². The normalized spacial score (nSPS) is 13.4. The highest BCUT2D eigenvalue weighted by molar-refractivity contribution is 5.74. The zero-order valence-electron chi connectivity index (χ0n) is 12.4. The van der Waals surface area contributed by atoms with Crippen molar-refractivity contribution in [1.82, 2.24) is 10.6 Å². The minimum atomic E-state index is -2.94. The van der Waals surface area contributed by atoms with Crippen LogP contribution in [-0.4, -0.2) is 47.3 Å². The average molecular weight is 330 g/mol. The molecule has 23 heavy (non-hydrogen) atoms. The van der Waals surface area contributed by atoms with Crippen LogP contribution in [0.15, 0.2) is 30.3 Å². The summed E-state index contributed by atoms with van der Waals surface area (Å²) < 4.78 is 24.3. The number of hydrogen-bond donors (Lipinski definition) is 4. The number of carbonyl (C=O) groups is 2. The molecule has 1 rings (SSSR count). The summed E-state index contributed by atoms with van der Waals surface area (Å²) in [6.45, 7) is -0.583. The number of nitrogens with one attached hydrogen (secondary N) is 2. The van der Waals surface area contributed by atoms with Crippen molar-refractivity contribution < 1.29 is 28.6 Å². The minimum absolute atomic E-state index is 0.128. The molecule has 1 aromatic rings. The maximum absolute atomic E-state index is 12.2. The van der Waals surface area contributed by atoms with Crippen LogP contribution in [0.2, 0.25) is 0 Å². The number of amides is 2. The summed E-state index contributed by atoms with van der Waals surface area (Å²) >= 11 is 0. The molecular formula is C15H20F2N2O4. The van der Waals surface area contributed by atoms with E-state index in [0.29, 0.717) is 6.42 Å². The summed E-state index contributed by atoms with van der Waals surface area (Å²) in [4.78, 5) is 22.4. The molecule has 0 radical (unpaired) electrons. The Bertz CT molecular complexity index is 500. The highest BCUT2D eigenvalue weighted by Crippen LogP contribution is 2.08. The van der Waals surface area contributed by atoms with Crippen molar-refractivity contribution in [3.63, 3.8) is 0 Å². The smallest absolute Gasteiger partial charge is 0.315 e. The molecule has 4 N–H and O–H groups in total. The highest BCUT2D eigenvalue weighted by atomic mass is 19.3. The first kappa shape index (κ1) is 18.8. The third-order valence-electron chi connectivity index (χ3n) is 3.13. The van der Waals surface area contributed by atoms with Gasteiger partial charge in [-0.3, -0.25) is 4.79 Å². The third kappa shape index (κ3) is 8.10. The van der Waals surface area contributed by atoms with Gasteiger partial charge in [0.05, 0.1) is 6.54 Å². The van der Waals surface area contributed by atoms with E-state index in [1.807, 2.05) is 30.3 Å². The maximum atomic E-state index is 12.2. The molecule has 8 heteroatoms. The molecule has 6 nitrogen and oxygen atoms in total. The highest BCUT2D eigenvalue weighted by Gasteiger charge is 2.19. The number of aliphatic carboxylic acids is 1. The van der Waals surface area contributed by atoms with Crippen molar-refractivity contribution in [3.8, 4) is 0 Å². The van der Waals surface area contributed by atoms with Gasteiger partial charge >= 0.3 is 12.0 Å². The number of hydrogen-bond acceptors (Lipinski definition) is 3. The number of alkyl halides is 2. The van der Waals surface area contributed by atoms with E-state index in [0.717, 1.165) is 5.56 Å². The van der Waals surface area contributed by atoms with E-state index in [1.165, 1.54) is 0 Å². The molecule has 0 aliphatic rings. The van der Waals surface area contributed by atoms with Crippen molar-refractivity contribution in [3.05, 3.63) is 35.9 Å². The lowest BCUT2D eigenvalue weighted by Gasteiger charge is -2.19. The van der Waals surface area contributed by atoms with Crippen LogP contribution < -0.4 is 10.6 Å². The predicted octanol–water partition coefficient (Wildman–Crippen LogP) is 1.39. The summed E-state index contributed by atoms with van der Waals surface area (Å²) in [6.07, 6.45) is -4.39. The first-order valence-corrected chi connectivity index (χ1v) is 7.14. The molecule has 0 heterocycles. The lowest BCUT2D eigenvalue weighted by molar-refractivity contribution is -0.137. The van der Waals surface area contributed by atoms with Gasteiger partial charge in [0.2, 0.25) is 0 Å². The molecular weight excluding hydrogens is 310 g/mol. The zero-order valence-corrected chi connectivity index (χ0v) is 12.4. The number of aliphatic hydroxyl groups is 1. The van der Waals surface area contributed by atoms with E-state index in [4.69, 9.17) is 10.2 Å². The van der Waals surface area contributed by atoms with Crippen LogP contribution in [0.5, 0.6) is 0 Å². The third-order valence-corrected chi connectivity index (χ3v) is 3.13. The average Bonchev–Trinajstić information content (AvgIpc) is 2.51. The van der Waals surface area contributed by atoms with E-state index in [9.17, 15) is 18.4 Å². The summed E-state index contributed by atoms with van der Waals surface area (Å²) in [5.74, 6) is -0.988. The maximum Gasteiger partial charge on any atom is 0.315 e. The largest absolute Gasteiger partial charge is 0.481 e. The second-order valence-corrected chi connectivity index (χ2v) is 5.08. The fourth-order valence-electron chi connectivity index (χ4n) is 1.94. The molecule has 0 saturated carbocycles. The molecule has 0 aliphatic heterocycles. The Morgan fingerprint density at radius 3 is 2.39 bits per heavy atom. The van der Waals surface area contributed by atoms with Crippen LogP contribution >= 0.6 is 0 Å².